The van der Waals surface area contributed by atoms with E-state index in [2.05, 4.69) is 48.1 Å². The summed E-state index contributed by atoms with van der Waals surface area (Å²) in [6.07, 6.45) is 1.18. The van der Waals surface area contributed by atoms with Gasteiger partial charge >= 0.3 is 0 Å². The number of nitrogens with zero attached hydrogens (tertiary/aromatic N) is 2. The molecule has 92 valence electrons. The molecule has 1 aromatic carbocycles. The van der Waals surface area contributed by atoms with Gasteiger partial charge in [0.2, 0.25) is 0 Å². The number of aromatic amines is 1. The van der Waals surface area contributed by atoms with E-state index in [-0.39, 0.29) is 0 Å². The predicted molar refractivity (Wildman–Crippen MR) is 72.2 cm³/mol. The molecule has 0 bridgehead atoms. The normalized spacial score (nSPS) is 10.3. The lowest BCUT2D eigenvalue weighted by Crippen LogP contribution is -1.88. The third-order valence-electron chi connectivity index (χ3n) is 3.04. The Morgan fingerprint density at radius 1 is 1.28 bits per heavy atom. The van der Waals surface area contributed by atoms with Gasteiger partial charge in [0.1, 0.15) is 5.82 Å². The van der Waals surface area contributed by atoms with E-state index < -0.39 is 0 Å². The molecule has 0 aliphatic heterocycles. The molecule has 0 saturated carbocycles. The maximum atomic E-state index is 8.60. The molecule has 1 aromatic heterocycles. The number of hydrogen-bond donors (Lipinski definition) is 1. The summed E-state index contributed by atoms with van der Waals surface area (Å²) in [5.74, 6) is 0.893. The van der Waals surface area contributed by atoms with E-state index in [1.165, 1.54) is 11.1 Å². The van der Waals surface area contributed by atoms with E-state index in [1.807, 2.05) is 6.92 Å². The molecule has 0 aliphatic rings. The second kappa shape index (κ2) is 5.05. The molecule has 0 aliphatic carbocycles. The summed E-state index contributed by atoms with van der Waals surface area (Å²) in [6, 6.07) is 8.52. The van der Waals surface area contributed by atoms with Crippen LogP contribution >= 0.6 is 0 Å². The minimum Gasteiger partial charge on any atom is -0.346 e. The van der Waals surface area contributed by atoms with Crippen LogP contribution in [-0.4, -0.2) is 9.97 Å². The van der Waals surface area contributed by atoms with Gasteiger partial charge in [-0.2, -0.15) is 5.26 Å². The monoisotopic (exact) mass is 239 g/mol. The van der Waals surface area contributed by atoms with Crippen molar-refractivity contribution in [2.75, 3.05) is 0 Å². The molecule has 0 saturated heterocycles. The minimum absolute atomic E-state index is 0.499. The van der Waals surface area contributed by atoms with Gasteiger partial charge in [-0.15, -0.1) is 0 Å². The van der Waals surface area contributed by atoms with Gasteiger partial charge in [-0.1, -0.05) is 23.8 Å². The highest BCUT2D eigenvalue weighted by molar-refractivity contribution is 5.66. The SMILES string of the molecule is Cc1ccc(-c2nc(CCC#N)[nH]c2C)c(C)c1. The lowest BCUT2D eigenvalue weighted by Gasteiger charge is -2.04. The van der Waals surface area contributed by atoms with Gasteiger partial charge in [-0.05, 0) is 26.3 Å². The molecule has 0 spiro atoms. The van der Waals surface area contributed by atoms with E-state index in [0.29, 0.717) is 12.8 Å². The quantitative estimate of drug-likeness (QED) is 0.891. The van der Waals surface area contributed by atoms with Crippen LogP contribution in [0.4, 0.5) is 0 Å². The molecule has 1 N–H and O–H groups in total. The van der Waals surface area contributed by atoms with Crippen molar-refractivity contribution in [3.8, 4) is 17.3 Å². The summed E-state index contributed by atoms with van der Waals surface area (Å²) in [6.45, 7) is 6.22. The van der Waals surface area contributed by atoms with E-state index in [9.17, 15) is 0 Å². The van der Waals surface area contributed by atoms with Crippen molar-refractivity contribution in [3.05, 3.63) is 40.8 Å². The first-order valence-corrected chi connectivity index (χ1v) is 6.12. The molecule has 2 rings (SSSR count). The fraction of sp³-hybridized carbons (Fsp3) is 0.333. The van der Waals surface area contributed by atoms with Gasteiger partial charge < -0.3 is 4.98 Å². The smallest absolute Gasteiger partial charge is 0.108 e. The van der Waals surface area contributed by atoms with Crippen molar-refractivity contribution in [2.24, 2.45) is 0 Å². The van der Waals surface area contributed by atoms with E-state index in [1.54, 1.807) is 0 Å². The van der Waals surface area contributed by atoms with Crippen LogP contribution in [0.5, 0.6) is 0 Å². The summed E-state index contributed by atoms with van der Waals surface area (Å²) in [5.41, 5.74) is 5.72. The lowest BCUT2D eigenvalue weighted by molar-refractivity contribution is 0.913. The summed E-state index contributed by atoms with van der Waals surface area (Å²) in [7, 11) is 0. The van der Waals surface area contributed by atoms with Crippen LogP contribution in [0, 0.1) is 32.1 Å². The first-order chi connectivity index (χ1) is 8.61. The Labute approximate surface area is 107 Å². The molecular weight excluding hydrogens is 222 g/mol. The molecule has 0 amide bonds. The van der Waals surface area contributed by atoms with Crippen LogP contribution in [0.25, 0.3) is 11.3 Å². The van der Waals surface area contributed by atoms with Gasteiger partial charge in [0.05, 0.1) is 11.8 Å². The molecule has 3 nitrogen and oxygen atoms in total. The molecule has 0 atom stereocenters. The maximum Gasteiger partial charge on any atom is 0.108 e. The van der Waals surface area contributed by atoms with Crippen LogP contribution in [0.1, 0.15) is 29.1 Å². The van der Waals surface area contributed by atoms with Crippen molar-refractivity contribution in [2.45, 2.75) is 33.6 Å². The summed E-state index contributed by atoms with van der Waals surface area (Å²) in [4.78, 5) is 7.86. The average Bonchev–Trinajstić information content (AvgIpc) is 2.68. The lowest BCUT2D eigenvalue weighted by atomic mass is 10.0. The van der Waals surface area contributed by atoms with E-state index >= 15 is 0 Å². The number of hydrogen-bond acceptors (Lipinski definition) is 2. The Kier molecular flexibility index (Phi) is 3.47. The third-order valence-corrected chi connectivity index (χ3v) is 3.04. The molecule has 1 heterocycles. The number of nitrogens with one attached hydrogen (secondary N) is 1. The minimum atomic E-state index is 0.499. The fourth-order valence-electron chi connectivity index (χ4n) is 2.16. The highest BCUT2D eigenvalue weighted by Crippen LogP contribution is 2.25. The zero-order chi connectivity index (χ0) is 13.1. The van der Waals surface area contributed by atoms with Crippen LogP contribution in [0.15, 0.2) is 18.2 Å². The number of nitriles is 1. The van der Waals surface area contributed by atoms with Gasteiger partial charge in [-0.3, -0.25) is 0 Å². The molecule has 0 fully saturated rings. The zero-order valence-electron chi connectivity index (χ0n) is 11.0. The molecule has 0 radical (unpaired) electrons. The van der Waals surface area contributed by atoms with Crippen molar-refractivity contribution >= 4 is 0 Å². The molecule has 18 heavy (non-hydrogen) atoms. The first kappa shape index (κ1) is 12.4. The van der Waals surface area contributed by atoms with Gasteiger partial charge in [-0.25, -0.2) is 4.98 Å². The Balaban J connectivity index is 2.38. The van der Waals surface area contributed by atoms with Crippen LogP contribution in [-0.2, 0) is 6.42 Å². The van der Waals surface area contributed by atoms with Crippen molar-refractivity contribution in [1.82, 2.24) is 9.97 Å². The summed E-state index contributed by atoms with van der Waals surface area (Å²) in [5, 5.41) is 8.60. The zero-order valence-corrected chi connectivity index (χ0v) is 11.0. The second-order valence-electron chi connectivity index (χ2n) is 4.63. The average molecular weight is 239 g/mol. The standard InChI is InChI=1S/C15H17N3/c1-10-6-7-13(11(2)9-10)15-12(3)17-14(18-15)5-4-8-16/h6-7,9H,4-5H2,1-3H3,(H,17,18). The number of aryl methyl sites for hydroxylation is 4. The second-order valence-corrected chi connectivity index (χ2v) is 4.63. The number of H-pyrrole nitrogens is 1. The summed E-state index contributed by atoms with van der Waals surface area (Å²) < 4.78 is 0. The topological polar surface area (TPSA) is 52.5 Å². The Hall–Kier alpha value is -2.08. The third kappa shape index (κ3) is 2.43. The molecular formula is C15H17N3. The number of aromatic nitrogens is 2. The predicted octanol–water partition coefficient (Wildman–Crippen LogP) is 3.46. The number of imidazole rings is 1. The maximum absolute atomic E-state index is 8.60. The first-order valence-electron chi connectivity index (χ1n) is 6.12. The highest BCUT2D eigenvalue weighted by atomic mass is 14.9. The van der Waals surface area contributed by atoms with Crippen molar-refractivity contribution in [3.63, 3.8) is 0 Å². The van der Waals surface area contributed by atoms with Gasteiger partial charge in [0, 0.05) is 24.1 Å². The van der Waals surface area contributed by atoms with Crippen LogP contribution < -0.4 is 0 Å². The van der Waals surface area contributed by atoms with Crippen LogP contribution in [0.3, 0.4) is 0 Å². The van der Waals surface area contributed by atoms with Gasteiger partial charge in [0.25, 0.3) is 0 Å². The Morgan fingerprint density at radius 3 is 2.72 bits per heavy atom. The van der Waals surface area contributed by atoms with E-state index in [0.717, 1.165) is 22.8 Å². The molecule has 3 heteroatoms. The van der Waals surface area contributed by atoms with Crippen molar-refractivity contribution < 1.29 is 0 Å². The fourth-order valence-corrected chi connectivity index (χ4v) is 2.16. The Morgan fingerprint density at radius 2 is 2.06 bits per heavy atom. The van der Waals surface area contributed by atoms with Gasteiger partial charge in [0.15, 0.2) is 0 Å². The molecule has 0 unspecified atom stereocenters. The Bertz CT molecular complexity index is 603. The van der Waals surface area contributed by atoms with Crippen molar-refractivity contribution in [1.29, 1.82) is 5.26 Å². The van der Waals surface area contributed by atoms with Crippen LogP contribution in [0.2, 0.25) is 0 Å². The summed E-state index contributed by atoms with van der Waals surface area (Å²) >= 11 is 0. The largest absolute Gasteiger partial charge is 0.346 e. The van der Waals surface area contributed by atoms with E-state index in [4.69, 9.17) is 5.26 Å². The molecule has 2 aromatic rings. The highest BCUT2D eigenvalue weighted by Gasteiger charge is 2.10. The number of rotatable bonds is 3. The number of benzene rings is 1.